The van der Waals surface area contributed by atoms with Crippen molar-refractivity contribution in [2.24, 2.45) is 5.92 Å². The lowest BCUT2D eigenvalue weighted by atomic mass is 9.84. The minimum Gasteiger partial charge on any atom is -0.328 e. The molecular weight excluding hydrogens is 467 g/mol. The Kier molecular flexibility index (Phi) is 7.40. The molecule has 1 N–H and O–H groups in total. The highest BCUT2D eigenvalue weighted by Gasteiger charge is 2.39. The number of rotatable bonds is 7. The highest BCUT2D eigenvalue weighted by atomic mass is 32.2. The molecule has 178 valence electrons. The lowest BCUT2D eigenvalue weighted by Gasteiger charge is -2.39. The average Bonchev–Trinajstić information content (AvgIpc) is 3.31. The van der Waals surface area contributed by atoms with Crippen LogP contribution in [0.25, 0.3) is 0 Å². The van der Waals surface area contributed by atoms with Crippen molar-refractivity contribution in [3.63, 3.8) is 0 Å². The van der Waals surface area contributed by atoms with Crippen LogP contribution in [0.15, 0.2) is 40.7 Å². The standard InChI is InChI=1S/C22H27FN4O4S2/c23-17-6-8-18(9-7-17)33(30,31)26-11-12-27(20(28)15-26)19(14-16-4-2-1-3-5-16)21(29)25-22-24-10-13-32-22/h6-10,13,16,19H,1-5,11-12,14-15H2,(H,24,25,29). The Morgan fingerprint density at radius 1 is 1.18 bits per heavy atom. The number of sulfonamides is 1. The van der Waals surface area contributed by atoms with Crippen molar-refractivity contribution in [1.29, 1.82) is 0 Å². The second-order valence-electron chi connectivity index (χ2n) is 8.46. The minimum absolute atomic E-state index is 0.0644. The zero-order valence-electron chi connectivity index (χ0n) is 18.2. The quantitative estimate of drug-likeness (QED) is 0.638. The van der Waals surface area contributed by atoms with Gasteiger partial charge in [-0.05, 0) is 36.6 Å². The van der Waals surface area contributed by atoms with E-state index in [9.17, 15) is 22.4 Å². The summed E-state index contributed by atoms with van der Waals surface area (Å²) in [4.78, 5) is 31.8. The monoisotopic (exact) mass is 494 g/mol. The lowest BCUT2D eigenvalue weighted by Crippen LogP contribution is -2.58. The van der Waals surface area contributed by atoms with Gasteiger partial charge in [0.2, 0.25) is 21.8 Å². The van der Waals surface area contributed by atoms with Gasteiger partial charge in [0.1, 0.15) is 11.9 Å². The number of amides is 2. The van der Waals surface area contributed by atoms with E-state index in [4.69, 9.17) is 0 Å². The van der Waals surface area contributed by atoms with E-state index in [0.29, 0.717) is 17.5 Å². The van der Waals surface area contributed by atoms with Crippen molar-refractivity contribution in [2.75, 3.05) is 25.0 Å². The SMILES string of the molecule is O=C(Nc1nccs1)C(CC1CCCCC1)N1CCN(S(=O)(=O)c2ccc(F)cc2)CC1=O. The first-order valence-electron chi connectivity index (χ1n) is 11.1. The number of nitrogens with zero attached hydrogens (tertiary/aromatic N) is 3. The number of aromatic nitrogens is 1. The van der Waals surface area contributed by atoms with Gasteiger partial charge >= 0.3 is 0 Å². The summed E-state index contributed by atoms with van der Waals surface area (Å²) >= 11 is 1.30. The predicted molar refractivity (Wildman–Crippen MR) is 123 cm³/mol. The lowest BCUT2D eigenvalue weighted by molar-refractivity contribution is -0.142. The van der Waals surface area contributed by atoms with E-state index in [0.717, 1.165) is 42.1 Å². The minimum atomic E-state index is -3.94. The van der Waals surface area contributed by atoms with Crippen molar-refractivity contribution in [2.45, 2.75) is 49.5 Å². The van der Waals surface area contributed by atoms with Gasteiger partial charge in [0.15, 0.2) is 5.13 Å². The average molecular weight is 495 g/mol. The molecule has 2 amide bonds. The number of hydrogen-bond acceptors (Lipinski definition) is 6. The molecule has 1 aliphatic carbocycles. The number of carbonyl (C=O) groups excluding carboxylic acids is 2. The Balaban J connectivity index is 1.49. The third kappa shape index (κ3) is 5.59. The van der Waals surface area contributed by atoms with Gasteiger partial charge in [0.05, 0.1) is 11.4 Å². The fraction of sp³-hybridized carbons (Fsp3) is 0.500. The summed E-state index contributed by atoms with van der Waals surface area (Å²) in [6, 6.07) is 3.85. The molecule has 1 aromatic carbocycles. The molecule has 33 heavy (non-hydrogen) atoms. The molecule has 0 bridgehead atoms. The number of thiazole rings is 1. The maximum Gasteiger partial charge on any atom is 0.248 e. The molecule has 1 aromatic heterocycles. The van der Waals surface area contributed by atoms with Gasteiger partial charge in [-0.25, -0.2) is 17.8 Å². The number of benzene rings is 1. The Morgan fingerprint density at radius 3 is 2.55 bits per heavy atom. The van der Waals surface area contributed by atoms with Gasteiger partial charge < -0.3 is 10.2 Å². The number of piperazine rings is 1. The number of carbonyl (C=O) groups is 2. The summed E-state index contributed by atoms with van der Waals surface area (Å²) in [5.74, 6) is -0.896. The van der Waals surface area contributed by atoms with Gasteiger partial charge in [-0.15, -0.1) is 11.3 Å². The van der Waals surface area contributed by atoms with E-state index in [2.05, 4.69) is 10.3 Å². The first kappa shape index (κ1) is 23.8. The smallest absolute Gasteiger partial charge is 0.248 e. The molecule has 0 spiro atoms. The largest absolute Gasteiger partial charge is 0.328 e. The summed E-state index contributed by atoms with van der Waals surface area (Å²) in [6.07, 6.45) is 7.61. The first-order chi connectivity index (χ1) is 15.8. The van der Waals surface area contributed by atoms with Crippen LogP contribution in [0.5, 0.6) is 0 Å². The predicted octanol–water partition coefficient (Wildman–Crippen LogP) is 3.09. The van der Waals surface area contributed by atoms with Crippen molar-refractivity contribution < 1.29 is 22.4 Å². The molecule has 2 aromatic rings. The Bertz CT molecular complexity index is 1070. The summed E-state index contributed by atoms with van der Waals surface area (Å²) < 4.78 is 40.2. The van der Waals surface area contributed by atoms with Gasteiger partial charge in [-0.1, -0.05) is 32.1 Å². The Morgan fingerprint density at radius 2 is 1.91 bits per heavy atom. The third-order valence-corrected chi connectivity index (χ3v) is 8.84. The van der Waals surface area contributed by atoms with Crippen LogP contribution in [0.1, 0.15) is 38.5 Å². The summed E-state index contributed by atoms with van der Waals surface area (Å²) in [6.45, 7) is -0.176. The highest BCUT2D eigenvalue weighted by Crippen LogP contribution is 2.30. The molecule has 4 rings (SSSR count). The zero-order valence-corrected chi connectivity index (χ0v) is 19.8. The van der Waals surface area contributed by atoms with Gasteiger partial charge in [-0.3, -0.25) is 9.59 Å². The maximum atomic E-state index is 13.2. The molecule has 2 aliphatic rings. The van der Waals surface area contributed by atoms with Crippen LogP contribution in [0.2, 0.25) is 0 Å². The molecule has 8 nitrogen and oxygen atoms in total. The van der Waals surface area contributed by atoms with E-state index >= 15 is 0 Å². The van der Waals surface area contributed by atoms with Crippen LogP contribution >= 0.6 is 11.3 Å². The third-order valence-electron chi connectivity index (χ3n) is 6.30. The molecule has 2 fully saturated rings. The van der Waals surface area contributed by atoms with Gasteiger partial charge in [0, 0.05) is 24.7 Å². The molecule has 11 heteroatoms. The second-order valence-corrected chi connectivity index (χ2v) is 11.3. The fourth-order valence-corrected chi connectivity index (χ4v) is 6.46. The number of hydrogen-bond donors (Lipinski definition) is 1. The van der Waals surface area contributed by atoms with Crippen molar-refractivity contribution in [3.05, 3.63) is 41.7 Å². The highest BCUT2D eigenvalue weighted by molar-refractivity contribution is 7.89. The number of halogens is 1. The fourth-order valence-electron chi connectivity index (χ4n) is 4.54. The van der Waals surface area contributed by atoms with E-state index < -0.39 is 27.8 Å². The summed E-state index contributed by atoms with van der Waals surface area (Å²) in [5.41, 5.74) is 0. The van der Waals surface area contributed by atoms with E-state index in [1.807, 2.05) is 0 Å². The zero-order chi connectivity index (χ0) is 23.4. The van der Waals surface area contributed by atoms with Crippen molar-refractivity contribution in [1.82, 2.24) is 14.2 Å². The summed E-state index contributed by atoms with van der Waals surface area (Å²) in [5, 5.41) is 5.04. The number of anilines is 1. The molecular formula is C22H27FN4O4S2. The molecule has 0 radical (unpaired) electrons. The van der Waals surface area contributed by atoms with Crippen LogP contribution in [0, 0.1) is 11.7 Å². The Labute approximate surface area is 196 Å². The first-order valence-corrected chi connectivity index (χ1v) is 13.4. The molecule has 1 saturated carbocycles. The van der Waals surface area contributed by atoms with Crippen LogP contribution in [-0.4, -0.2) is 60.1 Å². The topological polar surface area (TPSA) is 99.7 Å². The summed E-state index contributed by atoms with van der Waals surface area (Å²) in [7, 11) is -3.94. The Hall–Kier alpha value is -2.37. The van der Waals surface area contributed by atoms with Crippen molar-refractivity contribution >= 4 is 38.3 Å². The maximum absolute atomic E-state index is 13.2. The van der Waals surface area contributed by atoms with E-state index in [-0.39, 0.29) is 30.4 Å². The van der Waals surface area contributed by atoms with Crippen LogP contribution in [-0.2, 0) is 19.6 Å². The molecule has 2 heterocycles. The second kappa shape index (κ2) is 10.3. The molecule has 1 saturated heterocycles. The van der Waals surface area contributed by atoms with Crippen LogP contribution in [0.4, 0.5) is 9.52 Å². The molecule has 1 atom stereocenters. The van der Waals surface area contributed by atoms with Crippen LogP contribution in [0.3, 0.4) is 0 Å². The van der Waals surface area contributed by atoms with Gasteiger partial charge in [-0.2, -0.15) is 4.31 Å². The van der Waals surface area contributed by atoms with Crippen molar-refractivity contribution in [3.8, 4) is 0 Å². The van der Waals surface area contributed by atoms with Crippen LogP contribution < -0.4 is 5.32 Å². The van der Waals surface area contributed by atoms with Gasteiger partial charge in [0.25, 0.3) is 0 Å². The van der Waals surface area contributed by atoms with E-state index in [1.165, 1.54) is 34.8 Å². The normalized spacial score (nSPS) is 19.4. The van der Waals surface area contributed by atoms with E-state index in [1.54, 1.807) is 11.6 Å². The number of nitrogens with one attached hydrogen (secondary N) is 1. The molecule has 1 aliphatic heterocycles. The molecule has 1 unspecified atom stereocenters.